The number of nitrogens with zero attached hydrogens (tertiary/aromatic N) is 1. The first-order valence-corrected chi connectivity index (χ1v) is 7.43. The van der Waals surface area contributed by atoms with Gasteiger partial charge in [0.25, 0.3) is 5.91 Å². The lowest BCUT2D eigenvalue weighted by atomic mass is 10.1. The lowest BCUT2D eigenvalue weighted by Crippen LogP contribution is -2.25. The molecule has 1 aliphatic rings. The first-order valence-electron chi connectivity index (χ1n) is 7.05. The summed E-state index contributed by atoms with van der Waals surface area (Å²) in [5.74, 6) is 1.06. The first-order chi connectivity index (χ1) is 11.1. The van der Waals surface area contributed by atoms with Crippen molar-refractivity contribution in [3.05, 3.63) is 30.0 Å². The molecule has 0 atom stereocenters. The van der Waals surface area contributed by atoms with Crippen molar-refractivity contribution in [1.29, 1.82) is 0 Å². The summed E-state index contributed by atoms with van der Waals surface area (Å²) in [5, 5.41) is 9.11. The first kappa shape index (κ1) is 15.4. The van der Waals surface area contributed by atoms with Crippen molar-refractivity contribution >= 4 is 22.8 Å². The number of nitrogens with one attached hydrogen (secondary N) is 2. The third-order valence-electron chi connectivity index (χ3n) is 3.33. The highest BCUT2D eigenvalue weighted by molar-refractivity contribution is 6.63. The molecule has 0 saturated carbocycles. The lowest BCUT2D eigenvalue weighted by molar-refractivity contribution is -0.111. The number of hydrogen-bond acceptors (Lipinski definition) is 5. The van der Waals surface area contributed by atoms with Crippen molar-refractivity contribution in [2.24, 2.45) is 0 Å². The molecule has 0 radical (unpaired) electrons. The van der Waals surface area contributed by atoms with Crippen molar-refractivity contribution < 1.29 is 19.1 Å². The molecule has 120 valence electrons. The molecule has 1 aromatic heterocycles. The van der Waals surface area contributed by atoms with Crippen LogP contribution in [0.4, 0.5) is 0 Å². The van der Waals surface area contributed by atoms with Crippen LogP contribution in [0.3, 0.4) is 0 Å². The Morgan fingerprint density at radius 2 is 2.09 bits per heavy atom. The van der Waals surface area contributed by atoms with Crippen molar-refractivity contribution in [3.63, 3.8) is 0 Å². The fourth-order valence-corrected chi connectivity index (χ4v) is 2.30. The molecule has 23 heavy (non-hydrogen) atoms. The van der Waals surface area contributed by atoms with E-state index in [4.69, 9.17) is 21.1 Å². The molecule has 0 aliphatic carbocycles. The Morgan fingerprint density at radius 3 is 2.91 bits per heavy atom. The number of carbonyl (C=O) groups excluding carboxylic acids is 2. The van der Waals surface area contributed by atoms with Crippen LogP contribution in [-0.2, 0) is 4.79 Å². The third-order valence-corrected chi connectivity index (χ3v) is 3.52. The predicted octanol–water partition coefficient (Wildman–Crippen LogP) is 2.08. The largest absolute Gasteiger partial charge is 0.454 e. The number of aromatic amines is 1. The SMILES string of the molecule is O=C(Cl)CCCNC(=O)c1cc(-c2ccc3c(c2)OCO3)n[nH]1. The smallest absolute Gasteiger partial charge is 0.269 e. The van der Waals surface area contributed by atoms with Crippen LogP contribution in [0.2, 0.25) is 0 Å². The second kappa shape index (κ2) is 6.70. The van der Waals surface area contributed by atoms with Crippen LogP contribution in [0.1, 0.15) is 23.3 Å². The zero-order valence-electron chi connectivity index (χ0n) is 12.1. The molecule has 0 bridgehead atoms. The Bertz CT molecular complexity index is 744. The third kappa shape index (κ3) is 3.62. The summed E-state index contributed by atoms with van der Waals surface area (Å²) < 4.78 is 10.6. The number of amides is 1. The number of aromatic nitrogens is 2. The zero-order chi connectivity index (χ0) is 16.2. The monoisotopic (exact) mass is 335 g/mol. The van der Waals surface area contributed by atoms with Crippen LogP contribution in [0.15, 0.2) is 24.3 Å². The van der Waals surface area contributed by atoms with Crippen molar-refractivity contribution in [1.82, 2.24) is 15.5 Å². The predicted molar refractivity (Wildman–Crippen MR) is 82.6 cm³/mol. The average molecular weight is 336 g/mol. The number of halogens is 1. The minimum atomic E-state index is -0.411. The van der Waals surface area contributed by atoms with Gasteiger partial charge in [0.2, 0.25) is 12.0 Å². The Hall–Kier alpha value is -2.54. The van der Waals surface area contributed by atoms with Gasteiger partial charge >= 0.3 is 0 Å². The number of rotatable bonds is 6. The van der Waals surface area contributed by atoms with Gasteiger partial charge in [-0.3, -0.25) is 14.7 Å². The molecule has 0 unspecified atom stereocenters. The van der Waals surface area contributed by atoms with E-state index in [0.717, 1.165) is 5.56 Å². The maximum atomic E-state index is 12.0. The van der Waals surface area contributed by atoms with Gasteiger partial charge in [-0.2, -0.15) is 5.10 Å². The van der Waals surface area contributed by atoms with Crippen LogP contribution in [-0.4, -0.2) is 34.7 Å². The summed E-state index contributed by atoms with van der Waals surface area (Å²) >= 11 is 5.23. The Kier molecular flexibility index (Phi) is 4.47. The number of ether oxygens (including phenoxy) is 2. The highest BCUT2D eigenvalue weighted by Crippen LogP contribution is 2.35. The van der Waals surface area contributed by atoms with Crippen LogP contribution >= 0.6 is 11.6 Å². The quantitative estimate of drug-likeness (QED) is 0.622. The van der Waals surface area contributed by atoms with Crippen molar-refractivity contribution in [2.75, 3.05) is 13.3 Å². The molecule has 2 heterocycles. The van der Waals surface area contributed by atoms with Crippen molar-refractivity contribution in [3.8, 4) is 22.8 Å². The summed E-state index contributed by atoms with van der Waals surface area (Å²) in [6, 6.07) is 7.11. The minimum absolute atomic E-state index is 0.206. The molecule has 2 N–H and O–H groups in total. The Labute approximate surface area is 136 Å². The van der Waals surface area contributed by atoms with Crippen LogP contribution in [0, 0.1) is 0 Å². The molecule has 0 saturated heterocycles. The number of carbonyl (C=O) groups is 2. The topological polar surface area (TPSA) is 93.3 Å². The van der Waals surface area contributed by atoms with E-state index in [1.807, 2.05) is 12.1 Å². The van der Waals surface area contributed by atoms with E-state index in [9.17, 15) is 9.59 Å². The second-order valence-electron chi connectivity index (χ2n) is 4.95. The average Bonchev–Trinajstić information content (AvgIpc) is 3.18. The highest BCUT2D eigenvalue weighted by Gasteiger charge is 2.16. The van der Waals surface area contributed by atoms with Crippen molar-refractivity contribution in [2.45, 2.75) is 12.8 Å². The maximum Gasteiger partial charge on any atom is 0.269 e. The van der Waals surface area contributed by atoms with Gasteiger partial charge in [-0.1, -0.05) is 0 Å². The normalized spacial score (nSPS) is 12.2. The van der Waals surface area contributed by atoms with Gasteiger partial charge in [-0.05, 0) is 42.3 Å². The van der Waals surface area contributed by atoms with Gasteiger partial charge in [0.15, 0.2) is 11.5 Å². The number of benzene rings is 1. The molecular weight excluding hydrogens is 322 g/mol. The minimum Gasteiger partial charge on any atom is -0.454 e. The van der Waals surface area contributed by atoms with Crippen LogP contribution < -0.4 is 14.8 Å². The highest BCUT2D eigenvalue weighted by atomic mass is 35.5. The summed E-state index contributed by atoms with van der Waals surface area (Å²) in [4.78, 5) is 22.6. The Balaban J connectivity index is 1.63. The van der Waals surface area contributed by atoms with Gasteiger partial charge in [0.05, 0.1) is 5.69 Å². The molecular formula is C15H14ClN3O4. The van der Waals surface area contributed by atoms with E-state index in [0.29, 0.717) is 35.9 Å². The standard InChI is InChI=1S/C15H14ClN3O4/c16-14(20)2-1-5-17-15(21)11-7-10(18-19-11)9-3-4-12-13(6-9)23-8-22-12/h3-4,6-7H,1-2,5,8H2,(H,17,21)(H,18,19). The molecule has 1 amide bonds. The van der Waals surface area contributed by atoms with E-state index in [-0.39, 0.29) is 19.1 Å². The fourth-order valence-electron chi connectivity index (χ4n) is 2.17. The maximum absolute atomic E-state index is 12.0. The van der Waals surface area contributed by atoms with E-state index in [1.165, 1.54) is 0 Å². The van der Waals surface area contributed by atoms with E-state index < -0.39 is 5.24 Å². The number of hydrogen-bond donors (Lipinski definition) is 2. The molecule has 7 nitrogen and oxygen atoms in total. The number of H-pyrrole nitrogens is 1. The summed E-state index contributed by atoms with van der Waals surface area (Å²) in [6.07, 6.45) is 0.727. The summed E-state index contributed by atoms with van der Waals surface area (Å²) in [5.41, 5.74) is 1.79. The number of fused-ring (bicyclic) bond motifs is 1. The summed E-state index contributed by atoms with van der Waals surface area (Å²) in [7, 11) is 0. The van der Waals surface area contributed by atoms with Crippen LogP contribution in [0.5, 0.6) is 11.5 Å². The van der Waals surface area contributed by atoms with Gasteiger partial charge in [0.1, 0.15) is 5.69 Å². The Morgan fingerprint density at radius 1 is 1.26 bits per heavy atom. The lowest BCUT2D eigenvalue weighted by Gasteiger charge is -2.01. The molecule has 0 fully saturated rings. The van der Waals surface area contributed by atoms with Gasteiger partial charge in [-0.15, -0.1) is 0 Å². The second-order valence-corrected chi connectivity index (χ2v) is 5.37. The molecule has 1 aromatic carbocycles. The van der Waals surface area contributed by atoms with Gasteiger partial charge in [-0.25, -0.2) is 0 Å². The van der Waals surface area contributed by atoms with Crippen LogP contribution in [0.25, 0.3) is 11.3 Å². The van der Waals surface area contributed by atoms with E-state index >= 15 is 0 Å². The van der Waals surface area contributed by atoms with E-state index in [2.05, 4.69) is 15.5 Å². The van der Waals surface area contributed by atoms with E-state index in [1.54, 1.807) is 12.1 Å². The molecule has 8 heteroatoms. The molecule has 1 aliphatic heterocycles. The fraction of sp³-hybridized carbons (Fsp3) is 0.267. The van der Waals surface area contributed by atoms with Gasteiger partial charge < -0.3 is 14.8 Å². The molecule has 0 spiro atoms. The molecule has 2 aromatic rings. The zero-order valence-corrected chi connectivity index (χ0v) is 12.9. The molecule has 3 rings (SSSR count). The summed E-state index contributed by atoms with van der Waals surface area (Å²) in [6.45, 7) is 0.577. The van der Waals surface area contributed by atoms with Gasteiger partial charge in [0, 0.05) is 18.5 Å².